The Hall–Kier alpha value is -1.20. The summed E-state index contributed by atoms with van der Waals surface area (Å²) in [4.78, 5) is 0. The Balaban J connectivity index is 2.30. The van der Waals surface area contributed by atoms with Gasteiger partial charge in [-0.25, -0.2) is 0 Å². The molecule has 5 heteroatoms. The van der Waals surface area contributed by atoms with Gasteiger partial charge in [0.2, 0.25) is 0 Å². The van der Waals surface area contributed by atoms with Gasteiger partial charge in [0.05, 0.1) is 24.0 Å². The lowest BCUT2D eigenvalue weighted by molar-refractivity contribution is 0.00578. The molecule has 0 unspecified atom stereocenters. The zero-order chi connectivity index (χ0) is 14.3. The van der Waals surface area contributed by atoms with Crippen LogP contribution in [0.3, 0.4) is 0 Å². The number of nitrogens with one attached hydrogen (secondary N) is 1. The van der Waals surface area contributed by atoms with E-state index in [2.05, 4.69) is 5.32 Å². The van der Waals surface area contributed by atoms with Gasteiger partial charge in [-0.1, -0.05) is 6.07 Å². The molecule has 1 heterocycles. The van der Waals surface area contributed by atoms with Crippen molar-refractivity contribution in [2.75, 3.05) is 19.5 Å². The van der Waals surface area contributed by atoms with Crippen molar-refractivity contribution in [2.24, 2.45) is 0 Å². The first kappa shape index (κ1) is 14.2. The molecule has 1 aliphatic rings. The minimum Gasteiger partial charge on any atom is -0.495 e. The standard InChI is InChI=1S/C14H22BNO3/c1-13(2)14(3,4)19-15(18-13)10-7-8-11(16-5)12(9-10)17-6/h7-9,16H,1-6H3. The van der Waals surface area contributed by atoms with E-state index in [-0.39, 0.29) is 18.3 Å². The molecular formula is C14H22BNO3. The molecule has 0 saturated carbocycles. The van der Waals surface area contributed by atoms with Crippen LogP contribution in [-0.4, -0.2) is 32.5 Å². The van der Waals surface area contributed by atoms with E-state index < -0.39 is 0 Å². The van der Waals surface area contributed by atoms with Crippen LogP contribution >= 0.6 is 0 Å². The summed E-state index contributed by atoms with van der Waals surface area (Å²) in [6.07, 6.45) is 0. The summed E-state index contributed by atoms with van der Waals surface area (Å²) >= 11 is 0. The maximum absolute atomic E-state index is 6.02. The number of methoxy groups -OCH3 is 1. The molecular weight excluding hydrogens is 241 g/mol. The zero-order valence-corrected chi connectivity index (χ0v) is 12.5. The first-order valence-corrected chi connectivity index (χ1v) is 6.52. The summed E-state index contributed by atoms with van der Waals surface area (Å²) in [5.41, 5.74) is 1.26. The summed E-state index contributed by atoms with van der Waals surface area (Å²) in [7, 11) is 3.17. The van der Waals surface area contributed by atoms with Crippen molar-refractivity contribution in [1.29, 1.82) is 0 Å². The fraction of sp³-hybridized carbons (Fsp3) is 0.571. The molecule has 1 N–H and O–H groups in total. The van der Waals surface area contributed by atoms with Crippen molar-refractivity contribution >= 4 is 18.3 Å². The van der Waals surface area contributed by atoms with Gasteiger partial charge in [-0.15, -0.1) is 0 Å². The first-order valence-electron chi connectivity index (χ1n) is 6.52. The number of hydrogen-bond acceptors (Lipinski definition) is 4. The second kappa shape index (κ2) is 4.73. The van der Waals surface area contributed by atoms with Crippen molar-refractivity contribution in [3.63, 3.8) is 0 Å². The molecule has 0 atom stereocenters. The summed E-state index contributed by atoms with van der Waals surface area (Å²) in [6, 6.07) is 5.92. The molecule has 0 amide bonds. The van der Waals surface area contributed by atoms with Crippen LogP contribution in [0.15, 0.2) is 18.2 Å². The van der Waals surface area contributed by atoms with E-state index in [1.807, 2.05) is 52.9 Å². The largest absolute Gasteiger partial charge is 0.495 e. The van der Waals surface area contributed by atoms with Crippen molar-refractivity contribution in [3.8, 4) is 5.75 Å². The van der Waals surface area contributed by atoms with E-state index in [1.54, 1.807) is 7.11 Å². The third-order valence-corrected chi connectivity index (χ3v) is 4.02. The smallest absolute Gasteiger partial charge is 0.494 e. The molecule has 0 spiro atoms. The second-order valence-electron chi connectivity index (χ2n) is 5.80. The molecule has 1 aromatic rings. The first-order chi connectivity index (χ1) is 8.80. The highest BCUT2D eigenvalue weighted by atomic mass is 16.7. The van der Waals surface area contributed by atoms with Gasteiger partial charge >= 0.3 is 7.12 Å². The molecule has 0 radical (unpaired) electrons. The molecule has 19 heavy (non-hydrogen) atoms. The predicted molar refractivity (Wildman–Crippen MR) is 78.3 cm³/mol. The summed E-state index contributed by atoms with van der Waals surface area (Å²) < 4.78 is 17.4. The highest BCUT2D eigenvalue weighted by molar-refractivity contribution is 6.62. The SMILES string of the molecule is CNc1ccc(B2OC(C)(C)C(C)(C)O2)cc1OC. The maximum atomic E-state index is 6.02. The molecule has 4 nitrogen and oxygen atoms in total. The van der Waals surface area contributed by atoms with Crippen molar-refractivity contribution < 1.29 is 14.0 Å². The molecule has 0 aliphatic carbocycles. The highest BCUT2D eigenvalue weighted by Crippen LogP contribution is 2.37. The van der Waals surface area contributed by atoms with Crippen molar-refractivity contribution in [1.82, 2.24) is 0 Å². The molecule has 1 saturated heterocycles. The number of hydrogen-bond donors (Lipinski definition) is 1. The number of rotatable bonds is 3. The van der Waals surface area contributed by atoms with Crippen LogP contribution in [0.5, 0.6) is 5.75 Å². The Bertz CT molecular complexity index is 458. The van der Waals surface area contributed by atoms with E-state index in [9.17, 15) is 0 Å². The van der Waals surface area contributed by atoms with Crippen LogP contribution in [0, 0.1) is 0 Å². The molecule has 2 rings (SSSR count). The fourth-order valence-electron chi connectivity index (χ4n) is 2.04. The summed E-state index contributed by atoms with van der Waals surface area (Å²) in [5.74, 6) is 0.787. The van der Waals surface area contributed by atoms with Gasteiger partial charge in [-0.2, -0.15) is 0 Å². The monoisotopic (exact) mass is 263 g/mol. The molecule has 1 aliphatic heterocycles. The average Bonchev–Trinajstić information content (AvgIpc) is 2.57. The Kier molecular flexibility index (Phi) is 3.54. The Morgan fingerprint density at radius 1 is 1.11 bits per heavy atom. The van der Waals surface area contributed by atoms with Gasteiger partial charge in [0.25, 0.3) is 0 Å². The van der Waals surface area contributed by atoms with Crippen LogP contribution in [0.25, 0.3) is 0 Å². The van der Waals surface area contributed by atoms with Crippen LogP contribution in [0.1, 0.15) is 27.7 Å². The van der Waals surface area contributed by atoms with Gasteiger partial charge < -0.3 is 19.4 Å². The van der Waals surface area contributed by atoms with Gasteiger partial charge in [0.15, 0.2) is 0 Å². The van der Waals surface area contributed by atoms with Gasteiger partial charge in [0, 0.05) is 7.05 Å². The highest BCUT2D eigenvalue weighted by Gasteiger charge is 2.51. The topological polar surface area (TPSA) is 39.7 Å². The molecule has 0 bridgehead atoms. The predicted octanol–water partition coefficient (Wildman–Crippen LogP) is 2.04. The number of benzene rings is 1. The van der Waals surface area contributed by atoms with Crippen LogP contribution in [0.4, 0.5) is 5.69 Å². The van der Waals surface area contributed by atoms with Crippen LogP contribution in [0.2, 0.25) is 0 Å². The Labute approximate surface area is 115 Å². The molecule has 1 fully saturated rings. The van der Waals surface area contributed by atoms with E-state index in [0.29, 0.717) is 0 Å². The second-order valence-corrected chi connectivity index (χ2v) is 5.80. The summed E-state index contributed by atoms with van der Waals surface area (Å²) in [6.45, 7) is 8.19. The van der Waals surface area contributed by atoms with Gasteiger partial charge in [0.1, 0.15) is 5.75 Å². The minimum atomic E-state index is -0.357. The van der Waals surface area contributed by atoms with E-state index in [4.69, 9.17) is 14.0 Å². The van der Waals surface area contributed by atoms with Crippen LogP contribution < -0.4 is 15.5 Å². The quantitative estimate of drug-likeness (QED) is 0.847. The fourth-order valence-corrected chi connectivity index (χ4v) is 2.04. The van der Waals surface area contributed by atoms with E-state index in [1.165, 1.54) is 0 Å². The third kappa shape index (κ3) is 2.45. The lowest BCUT2D eigenvalue weighted by atomic mass is 9.79. The van der Waals surface area contributed by atoms with Crippen molar-refractivity contribution in [3.05, 3.63) is 18.2 Å². The zero-order valence-electron chi connectivity index (χ0n) is 12.5. The lowest BCUT2D eigenvalue weighted by Gasteiger charge is -2.32. The van der Waals surface area contributed by atoms with E-state index in [0.717, 1.165) is 16.9 Å². The minimum absolute atomic E-state index is 0.327. The number of anilines is 1. The molecule has 1 aromatic carbocycles. The maximum Gasteiger partial charge on any atom is 0.494 e. The number of ether oxygens (including phenoxy) is 1. The summed E-state index contributed by atoms with van der Waals surface area (Å²) in [5, 5.41) is 3.09. The normalized spacial score (nSPS) is 20.4. The lowest BCUT2D eigenvalue weighted by Crippen LogP contribution is -2.41. The molecule has 0 aromatic heterocycles. The van der Waals surface area contributed by atoms with Crippen molar-refractivity contribution in [2.45, 2.75) is 38.9 Å². The molecule has 104 valence electrons. The van der Waals surface area contributed by atoms with Gasteiger partial charge in [-0.3, -0.25) is 0 Å². The van der Waals surface area contributed by atoms with Gasteiger partial charge in [-0.05, 0) is 45.3 Å². The van der Waals surface area contributed by atoms with Crippen LogP contribution in [-0.2, 0) is 9.31 Å². The third-order valence-electron chi connectivity index (χ3n) is 4.02. The Morgan fingerprint density at radius 3 is 2.16 bits per heavy atom. The average molecular weight is 263 g/mol. The van der Waals surface area contributed by atoms with E-state index >= 15 is 0 Å². The Morgan fingerprint density at radius 2 is 1.68 bits per heavy atom.